The zero-order valence-electron chi connectivity index (χ0n) is 21.4. The maximum atomic E-state index is 13.8. The first-order chi connectivity index (χ1) is 17.6. The summed E-state index contributed by atoms with van der Waals surface area (Å²) in [5, 5.41) is 19.5. The number of hydrazine groups is 2. The van der Waals surface area contributed by atoms with Crippen LogP contribution >= 0.6 is 11.6 Å². The van der Waals surface area contributed by atoms with E-state index in [4.69, 9.17) is 11.6 Å². The highest BCUT2D eigenvalue weighted by molar-refractivity contribution is 6.35. The van der Waals surface area contributed by atoms with E-state index in [1.807, 2.05) is 17.3 Å². The molecule has 0 radical (unpaired) electrons. The van der Waals surface area contributed by atoms with Gasteiger partial charge in [-0.3, -0.25) is 9.99 Å². The van der Waals surface area contributed by atoms with Gasteiger partial charge in [0, 0.05) is 36.1 Å². The van der Waals surface area contributed by atoms with Crippen molar-refractivity contribution in [3.8, 4) is 6.07 Å². The zero-order chi connectivity index (χ0) is 26.4. The monoisotopic (exact) mass is 506 g/mol. The fourth-order valence-electron chi connectivity index (χ4n) is 4.02. The Morgan fingerprint density at radius 1 is 1.31 bits per heavy atom. The van der Waals surface area contributed by atoms with Gasteiger partial charge < -0.3 is 16.1 Å². The first-order valence-corrected chi connectivity index (χ1v) is 12.3. The third-order valence-electron chi connectivity index (χ3n) is 6.04. The molecule has 1 aliphatic heterocycles. The number of rotatable bonds is 7. The summed E-state index contributed by atoms with van der Waals surface area (Å²) in [6.07, 6.45) is 5.54. The molecule has 1 unspecified atom stereocenters. The Morgan fingerprint density at radius 2 is 2.06 bits per heavy atom. The van der Waals surface area contributed by atoms with E-state index < -0.39 is 6.02 Å². The average Bonchev–Trinajstić information content (AvgIpc) is 3.58. The highest BCUT2D eigenvalue weighted by Gasteiger charge is 2.32. The van der Waals surface area contributed by atoms with Crippen molar-refractivity contribution in [2.75, 3.05) is 17.2 Å². The molecular formula is C27H29ClFN7. The molecular weight excluding hydrogens is 477 g/mol. The van der Waals surface area contributed by atoms with Gasteiger partial charge in [0.1, 0.15) is 11.9 Å². The summed E-state index contributed by atoms with van der Waals surface area (Å²) in [7, 11) is 0. The van der Waals surface area contributed by atoms with Crippen LogP contribution in [0.2, 0.25) is 5.02 Å². The fourth-order valence-corrected chi connectivity index (χ4v) is 4.29. The van der Waals surface area contributed by atoms with Gasteiger partial charge in [-0.1, -0.05) is 44.5 Å². The molecule has 4 N–H and O–H groups in total. The highest BCUT2D eigenvalue weighted by atomic mass is 35.5. The van der Waals surface area contributed by atoms with Crippen molar-refractivity contribution in [2.24, 2.45) is 5.41 Å². The molecule has 2 aromatic carbocycles. The Morgan fingerprint density at radius 3 is 2.72 bits per heavy atom. The maximum Gasteiger partial charge on any atom is 0.123 e. The maximum absolute atomic E-state index is 13.8. The number of anilines is 2. The van der Waals surface area contributed by atoms with Gasteiger partial charge in [-0.05, 0) is 48.1 Å². The summed E-state index contributed by atoms with van der Waals surface area (Å²) in [4.78, 5) is 4.42. The molecule has 0 saturated heterocycles. The second kappa shape index (κ2) is 9.49. The molecule has 1 aliphatic carbocycles. The molecule has 1 fully saturated rings. The molecule has 2 aliphatic rings. The Balaban J connectivity index is 1.60. The summed E-state index contributed by atoms with van der Waals surface area (Å²) < 4.78 is 23.3. The van der Waals surface area contributed by atoms with Crippen LogP contribution in [0.15, 0.2) is 54.5 Å². The third kappa shape index (κ3) is 5.18. The molecule has 0 amide bonds. The van der Waals surface area contributed by atoms with Gasteiger partial charge in [0.25, 0.3) is 0 Å². The van der Waals surface area contributed by atoms with Crippen molar-refractivity contribution in [2.45, 2.75) is 45.7 Å². The second-order valence-corrected chi connectivity index (χ2v) is 10.8. The van der Waals surface area contributed by atoms with E-state index in [0.29, 0.717) is 56.7 Å². The van der Waals surface area contributed by atoms with E-state index in [-0.39, 0.29) is 11.2 Å². The SMILES string of the molecule is [2H]C(Nc1cc(Cl)c2ncc(C#N)c(NCC(C)(C)C)c2c1)(C1=CN(C2CC2)NN1)c1ccc(F)cc1. The number of hydrogen-bond acceptors (Lipinski definition) is 7. The number of fused-ring (bicyclic) bond motifs is 1. The predicted molar refractivity (Wildman–Crippen MR) is 141 cm³/mol. The van der Waals surface area contributed by atoms with Crippen molar-refractivity contribution < 1.29 is 5.76 Å². The van der Waals surface area contributed by atoms with E-state index in [1.54, 1.807) is 18.2 Å². The zero-order valence-corrected chi connectivity index (χ0v) is 21.2. The normalized spacial score (nSPS) is 17.6. The molecule has 2 heterocycles. The lowest BCUT2D eigenvalue weighted by Crippen LogP contribution is -2.38. The molecule has 9 heteroatoms. The van der Waals surface area contributed by atoms with Crippen LogP contribution in [0.25, 0.3) is 10.9 Å². The smallest absolute Gasteiger partial charge is 0.123 e. The van der Waals surface area contributed by atoms with Gasteiger partial charge >= 0.3 is 0 Å². The lowest BCUT2D eigenvalue weighted by molar-refractivity contribution is 0.260. The minimum absolute atomic E-state index is 0.0259. The minimum atomic E-state index is -1.50. The van der Waals surface area contributed by atoms with E-state index in [1.165, 1.54) is 18.3 Å². The lowest BCUT2D eigenvalue weighted by Gasteiger charge is -2.23. The number of aromatic nitrogens is 1. The number of pyridine rings is 1. The molecule has 0 bridgehead atoms. The summed E-state index contributed by atoms with van der Waals surface area (Å²) in [6.45, 7) is 6.95. The molecule has 7 nitrogen and oxygen atoms in total. The standard InChI is InChI=1S/C27H29ClFN7/c1-27(2,3)15-32-24-17(12-30)13-31-26-21(24)10-19(11-22(26)28)33-25(16-4-6-18(29)7-5-16)23-14-36(35-34-23)20-8-9-20/h4-7,10-11,13-14,20,25,33-35H,8-9,15H2,1-3H3,(H,31,32)/i25D. The average molecular weight is 507 g/mol. The fraction of sp³-hybridized carbons (Fsp3) is 0.333. The van der Waals surface area contributed by atoms with Crippen molar-refractivity contribution >= 4 is 33.9 Å². The quantitative estimate of drug-likeness (QED) is 0.320. The summed E-state index contributed by atoms with van der Waals surface area (Å²) >= 11 is 6.67. The number of nitrogens with one attached hydrogen (secondary N) is 4. The molecule has 0 spiro atoms. The Kier molecular flexibility index (Phi) is 6.04. The summed E-state index contributed by atoms with van der Waals surface area (Å²) in [5.41, 5.74) is 9.45. The number of halogens is 2. The number of benzene rings is 2. The van der Waals surface area contributed by atoms with E-state index in [9.17, 15) is 11.0 Å². The van der Waals surface area contributed by atoms with Crippen LogP contribution in [-0.4, -0.2) is 22.6 Å². The Bertz CT molecular complexity index is 1410. The third-order valence-corrected chi connectivity index (χ3v) is 6.33. The van der Waals surface area contributed by atoms with Gasteiger partial charge in [0.05, 0.1) is 34.9 Å². The van der Waals surface area contributed by atoms with Crippen molar-refractivity contribution in [1.29, 1.82) is 5.26 Å². The summed E-state index contributed by atoms with van der Waals surface area (Å²) in [5.74, 6) is -0.379. The van der Waals surface area contributed by atoms with Crippen LogP contribution < -0.4 is 21.6 Å². The van der Waals surface area contributed by atoms with Gasteiger partial charge in [0.2, 0.25) is 0 Å². The second-order valence-electron chi connectivity index (χ2n) is 10.4. The van der Waals surface area contributed by atoms with Gasteiger partial charge in [-0.15, -0.1) is 5.53 Å². The van der Waals surface area contributed by atoms with E-state index >= 15 is 0 Å². The highest BCUT2D eigenvalue weighted by Crippen LogP contribution is 2.37. The molecule has 36 heavy (non-hydrogen) atoms. The first kappa shape index (κ1) is 22.9. The van der Waals surface area contributed by atoms with Crippen LogP contribution in [-0.2, 0) is 0 Å². The van der Waals surface area contributed by atoms with Gasteiger partial charge in [-0.25, -0.2) is 4.39 Å². The van der Waals surface area contributed by atoms with Gasteiger partial charge in [0.15, 0.2) is 0 Å². The molecule has 3 aromatic rings. The van der Waals surface area contributed by atoms with Crippen LogP contribution in [0.1, 0.15) is 52.1 Å². The molecule has 1 aromatic heterocycles. The van der Waals surface area contributed by atoms with E-state index in [0.717, 1.165) is 12.8 Å². The minimum Gasteiger partial charge on any atom is -0.383 e. The number of nitriles is 1. The van der Waals surface area contributed by atoms with Crippen molar-refractivity contribution in [1.82, 2.24) is 21.0 Å². The molecule has 5 rings (SSSR count). The number of hydrogen-bond donors (Lipinski definition) is 4. The Labute approximate surface area is 216 Å². The van der Waals surface area contributed by atoms with Crippen molar-refractivity contribution in [3.63, 3.8) is 0 Å². The van der Waals surface area contributed by atoms with Crippen LogP contribution in [0.5, 0.6) is 0 Å². The van der Waals surface area contributed by atoms with E-state index in [2.05, 4.69) is 53.4 Å². The van der Waals surface area contributed by atoms with Crippen LogP contribution in [0.4, 0.5) is 15.8 Å². The topological polar surface area (TPSA) is 88.0 Å². The predicted octanol–water partition coefficient (Wildman–Crippen LogP) is 5.84. The first-order valence-electron chi connectivity index (χ1n) is 12.4. The molecule has 1 saturated carbocycles. The largest absolute Gasteiger partial charge is 0.383 e. The van der Waals surface area contributed by atoms with Gasteiger partial charge in [-0.2, -0.15) is 5.26 Å². The Hall–Kier alpha value is -3.54. The van der Waals surface area contributed by atoms with Crippen LogP contribution in [0.3, 0.4) is 0 Å². The molecule has 1 atom stereocenters. The lowest BCUT2D eigenvalue weighted by atomic mass is 9.96. The molecule has 186 valence electrons. The summed E-state index contributed by atoms with van der Waals surface area (Å²) in [6, 6.07) is 10.5. The number of nitrogens with zero attached hydrogens (tertiary/aromatic N) is 3. The van der Waals surface area contributed by atoms with Crippen LogP contribution in [0, 0.1) is 22.6 Å². The van der Waals surface area contributed by atoms with Crippen molar-refractivity contribution in [3.05, 3.63) is 76.5 Å².